The van der Waals surface area contributed by atoms with E-state index in [-0.39, 0.29) is 12.6 Å². The van der Waals surface area contributed by atoms with Crippen LogP contribution in [0.15, 0.2) is 12.4 Å². The summed E-state index contributed by atoms with van der Waals surface area (Å²) >= 11 is 0. The maximum Gasteiger partial charge on any atom is 0.396 e. The van der Waals surface area contributed by atoms with Crippen LogP contribution in [0.1, 0.15) is 25.7 Å². The number of hydrogen-bond donors (Lipinski definition) is 2. The summed E-state index contributed by atoms with van der Waals surface area (Å²) in [5, 5.41) is 2.46. The van der Waals surface area contributed by atoms with Crippen molar-refractivity contribution in [3.05, 3.63) is 18.2 Å². The van der Waals surface area contributed by atoms with Gasteiger partial charge in [-0.2, -0.15) is 0 Å². The smallest absolute Gasteiger partial charge is 0.396 e. The summed E-state index contributed by atoms with van der Waals surface area (Å²) in [5.41, 5.74) is 0. The molecule has 0 saturated heterocycles. The number of esters is 1. The molecule has 0 aliphatic heterocycles. The SMILES string of the molecule is CCOC(=O)C(=O)NC(C)c1ncc[nH]1. The van der Waals surface area contributed by atoms with Gasteiger partial charge < -0.3 is 15.0 Å². The molecule has 82 valence electrons. The lowest BCUT2D eigenvalue weighted by Gasteiger charge is -2.10. The number of hydrogen-bond acceptors (Lipinski definition) is 4. The summed E-state index contributed by atoms with van der Waals surface area (Å²) < 4.78 is 4.54. The Morgan fingerprint density at radius 2 is 2.40 bits per heavy atom. The first-order valence-electron chi connectivity index (χ1n) is 4.62. The molecule has 0 saturated carbocycles. The average molecular weight is 211 g/mol. The van der Waals surface area contributed by atoms with Gasteiger partial charge in [0.1, 0.15) is 5.82 Å². The monoisotopic (exact) mass is 211 g/mol. The lowest BCUT2D eigenvalue weighted by molar-refractivity contribution is -0.154. The van der Waals surface area contributed by atoms with E-state index in [1.54, 1.807) is 26.2 Å². The normalized spacial score (nSPS) is 11.9. The standard InChI is InChI=1S/C9H13N3O3/c1-3-15-9(14)8(13)12-6(2)7-10-4-5-11-7/h4-6H,3H2,1-2H3,(H,10,11)(H,12,13). The van der Waals surface area contributed by atoms with Gasteiger partial charge in [-0.05, 0) is 13.8 Å². The Bertz CT molecular complexity index is 334. The largest absolute Gasteiger partial charge is 0.459 e. The molecule has 0 aromatic carbocycles. The fourth-order valence-electron chi connectivity index (χ4n) is 1.03. The van der Waals surface area contributed by atoms with Crippen LogP contribution in [-0.2, 0) is 14.3 Å². The quantitative estimate of drug-likeness (QED) is 0.550. The third kappa shape index (κ3) is 3.08. The van der Waals surface area contributed by atoms with E-state index in [0.717, 1.165) is 0 Å². The maximum atomic E-state index is 11.2. The minimum Gasteiger partial charge on any atom is -0.459 e. The molecular weight excluding hydrogens is 198 g/mol. The molecule has 1 rings (SSSR count). The van der Waals surface area contributed by atoms with Gasteiger partial charge in [0.25, 0.3) is 0 Å². The Labute approximate surface area is 87.0 Å². The summed E-state index contributed by atoms with van der Waals surface area (Å²) in [6, 6.07) is -0.350. The Morgan fingerprint density at radius 3 is 2.93 bits per heavy atom. The lowest BCUT2D eigenvalue weighted by Crippen LogP contribution is -2.34. The van der Waals surface area contributed by atoms with Crippen molar-refractivity contribution in [2.75, 3.05) is 6.61 Å². The Balaban J connectivity index is 2.48. The second-order valence-corrected chi connectivity index (χ2v) is 2.89. The molecule has 0 radical (unpaired) electrons. The van der Waals surface area contributed by atoms with Gasteiger partial charge >= 0.3 is 11.9 Å². The van der Waals surface area contributed by atoms with E-state index in [9.17, 15) is 9.59 Å². The molecule has 1 unspecified atom stereocenters. The number of H-pyrrole nitrogens is 1. The molecule has 6 nitrogen and oxygen atoms in total. The highest BCUT2D eigenvalue weighted by Gasteiger charge is 2.18. The minimum absolute atomic E-state index is 0.182. The second kappa shape index (κ2) is 5.14. The zero-order valence-corrected chi connectivity index (χ0v) is 8.61. The van der Waals surface area contributed by atoms with E-state index in [4.69, 9.17) is 0 Å². The molecule has 0 bridgehead atoms. The summed E-state index contributed by atoms with van der Waals surface area (Å²) in [6.07, 6.45) is 3.21. The molecule has 1 amide bonds. The number of rotatable bonds is 3. The highest BCUT2D eigenvalue weighted by atomic mass is 16.5. The number of imidazole rings is 1. The molecule has 0 spiro atoms. The molecule has 15 heavy (non-hydrogen) atoms. The van der Waals surface area contributed by atoms with E-state index in [1.165, 1.54) is 0 Å². The van der Waals surface area contributed by atoms with Gasteiger partial charge in [-0.1, -0.05) is 0 Å². The molecule has 1 aromatic rings. The van der Waals surface area contributed by atoms with E-state index >= 15 is 0 Å². The van der Waals surface area contributed by atoms with Crippen LogP contribution in [-0.4, -0.2) is 28.5 Å². The highest BCUT2D eigenvalue weighted by molar-refractivity contribution is 6.32. The van der Waals surface area contributed by atoms with Crippen molar-refractivity contribution in [1.82, 2.24) is 15.3 Å². The van der Waals surface area contributed by atoms with Crippen LogP contribution < -0.4 is 5.32 Å². The molecule has 1 heterocycles. The zero-order chi connectivity index (χ0) is 11.3. The number of nitrogens with zero attached hydrogens (tertiary/aromatic N) is 1. The first-order chi connectivity index (χ1) is 7.15. The van der Waals surface area contributed by atoms with Crippen molar-refractivity contribution in [2.45, 2.75) is 19.9 Å². The van der Waals surface area contributed by atoms with Crippen LogP contribution >= 0.6 is 0 Å². The van der Waals surface area contributed by atoms with E-state index in [0.29, 0.717) is 5.82 Å². The maximum absolute atomic E-state index is 11.2. The third-order valence-electron chi connectivity index (χ3n) is 1.74. The number of ether oxygens (including phenoxy) is 1. The molecule has 0 fully saturated rings. The highest BCUT2D eigenvalue weighted by Crippen LogP contribution is 2.04. The lowest BCUT2D eigenvalue weighted by atomic mass is 10.3. The zero-order valence-electron chi connectivity index (χ0n) is 8.61. The number of amides is 1. The Morgan fingerprint density at radius 1 is 1.67 bits per heavy atom. The predicted molar refractivity (Wildman–Crippen MR) is 51.8 cm³/mol. The number of aromatic nitrogens is 2. The third-order valence-corrected chi connectivity index (χ3v) is 1.74. The first kappa shape index (κ1) is 11.2. The fraction of sp³-hybridized carbons (Fsp3) is 0.444. The van der Waals surface area contributed by atoms with Crippen LogP contribution in [0.4, 0.5) is 0 Å². The Hall–Kier alpha value is -1.85. The molecule has 0 aliphatic carbocycles. The summed E-state index contributed by atoms with van der Waals surface area (Å²) in [7, 11) is 0. The van der Waals surface area contributed by atoms with Crippen molar-refractivity contribution in [3.63, 3.8) is 0 Å². The number of nitrogens with one attached hydrogen (secondary N) is 2. The topological polar surface area (TPSA) is 84.1 Å². The molecule has 1 atom stereocenters. The average Bonchev–Trinajstić information content (AvgIpc) is 2.70. The summed E-state index contributed by atoms with van der Waals surface area (Å²) in [6.45, 7) is 3.54. The molecule has 0 aliphatic rings. The molecule has 1 aromatic heterocycles. The van der Waals surface area contributed by atoms with Crippen LogP contribution in [0.2, 0.25) is 0 Å². The van der Waals surface area contributed by atoms with Gasteiger partial charge in [-0.15, -0.1) is 0 Å². The number of aromatic amines is 1. The van der Waals surface area contributed by atoms with Gasteiger partial charge in [0.05, 0.1) is 12.6 Å². The molecule has 6 heteroatoms. The van der Waals surface area contributed by atoms with Crippen molar-refractivity contribution in [3.8, 4) is 0 Å². The van der Waals surface area contributed by atoms with Gasteiger partial charge in [0, 0.05) is 12.4 Å². The predicted octanol–water partition coefficient (Wildman–Crippen LogP) is 0.150. The number of carbonyl (C=O) groups excluding carboxylic acids is 2. The van der Waals surface area contributed by atoms with Crippen LogP contribution in [0.3, 0.4) is 0 Å². The second-order valence-electron chi connectivity index (χ2n) is 2.89. The van der Waals surface area contributed by atoms with Crippen LogP contribution in [0.25, 0.3) is 0 Å². The van der Waals surface area contributed by atoms with E-state index in [1.807, 2.05) is 0 Å². The van der Waals surface area contributed by atoms with Crippen LogP contribution in [0.5, 0.6) is 0 Å². The van der Waals surface area contributed by atoms with Crippen molar-refractivity contribution < 1.29 is 14.3 Å². The van der Waals surface area contributed by atoms with Gasteiger partial charge in [0.15, 0.2) is 0 Å². The van der Waals surface area contributed by atoms with Crippen LogP contribution in [0, 0.1) is 0 Å². The van der Waals surface area contributed by atoms with Gasteiger partial charge in [-0.25, -0.2) is 9.78 Å². The van der Waals surface area contributed by atoms with E-state index in [2.05, 4.69) is 20.0 Å². The van der Waals surface area contributed by atoms with Gasteiger partial charge in [0.2, 0.25) is 0 Å². The van der Waals surface area contributed by atoms with Crippen molar-refractivity contribution >= 4 is 11.9 Å². The molecule has 2 N–H and O–H groups in total. The summed E-state index contributed by atoms with van der Waals surface area (Å²) in [4.78, 5) is 29.0. The fourth-order valence-corrected chi connectivity index (χ4v) is 1.03. The minimum atomic E-state index is -0.879. The summed E-state index contributed by atoms with van der Waals surface area (Å²) in [5.74, 6) is -1.05. The van der Waals surface area contributed by atoms with Crippen molar-refractivity contribution in [1.29, 1.82) is 0 Å². The number of carbonyl (C=O) groups is 2. The first-order valence-corrected chi connectivity index (χ1v) is 4.62. The van der Waals surface area contributed by atoms with Gasteiger partial charge in [-0.3, -0.25) is 4.79 Å². The Kier molecular flexibility index (Phi) is 3.84. The van der Waals surface area contributed by atoms with E-state index < -0.39 is 11.9 Å². The molecular formula is C9H13N3O3. The van der Waals surface area contributed by atoms with Crippen molar-refractivity contribution in [2.24, 2.45) is 0 Å².